The predicted octanol–water partition coefficient (Wildman–Crippen LogP) is 1.27. The molecule has 0 fully saturated rings. The first kappa shape index (κ1) is 11.7. The molecule has 1 N–H and O–H groups in total. The van der Waals surface area contributed by atoms with Crippen molar-refractivity contribution in [2.24, 2.45) is 0 Å². The summed E-state index contributed by atoms with van der Waals surface area (Å²) in [5, 5.41) is 8.58. The van der Waals surface area contributed by atoms with Crippen LogP contribution in [0.4, 0.5) is 5.82 Å². The van der Waals surface area contributed by atoms with Gasteiger partial charge in [-0.25, -0.2) is 4.98 Å². The lowest BCUT2D eigenvalue weighted by Gasteiger charge is -2.24. The first-order chi connectivity index (χ1) is 7.07. The minimum Gasteiger partial charge on any atom is -0.355 e. The van der Waals surface area contributed by atoms with Crippen LogP contribution in [0.1, 0.15) is 13.3 Å². The fourth-order valence-electron chi connectivity index (χ4n) is 1.10. The lowest BCUT2D eigenvalue weighted by molar-refractivity contribution is 0.690. The maximum absolute atomic E-state index is 11.3. The molecule has 1 rings (SSSR count). The normalized spacial score (nSPS) is 11.9. The molecule has 1 aromatic rings. The molecule has 1 heterocycles. The van der Waals surface area contributed by atoms with E-state index < -0.39 is 0 Å². The van der Waals surface area contributed by atoms with Gasteiger partial charge in [0.2, 0.25) is 0 Å². The van der Waals surface area contributed by atoms with Crippen LogP contribution in [0, 0.1) is 11.3 Å². The van der Waals surface area contributed by atoms with Gasteiger partial charge in [-0.3, -0.25) is 4.79 Å². The van der Waals surface area contributed by atoms with Crippen LogP contribution in [0.25, 0.3) is 0 Å². The van der Waals surface area contributed by atoms with Gasteiger partial charge in [0.05, 0.1) is 18.8 Å². The van der Waals surface area contributed by atoms with E-state index in [1.807, 2.05) is 6.92 Å². The molecule has 1 atom stereocenters. The second-order valence-electron chi connectivity index (χ2n) is 3.19. The molecular weight excluding hydrogens is 260 g/mol. The van der Waals surface area contributed by atoms with Gasteiger partial charge in [-0.1, -0.05) is 0 Å². The molecule has 0 aliphatic heterocycles. The number of rotatable bonds is 3. The minimum absolute atomic E-state index is 0.0144. The molecule has 0 aliphatic carbocycles. The number of H-pyrrole nitrogens is 1. The molecule has 0 spiro atoms. The number of hydrogen-bond donors (Lipinski definition) is 1. The molecule has 80 valence electrons. The van der Waals surface area contributed by atoms with E-state index in [-0.39, 0.29) is 11.6 Å². The van der Waals surface area contributed by atoms with Crippen LogP contribution in [0.15, 0.2) is 15.6 Å². The Labute approximate surface area is 95.9 Å². The molecule has 0 bridgehead atoms. The Balaban J connectivity index is 3.02. The van der Waals surface area contributed by atoms with Crippen LogP contribution in [-0.4, -0.2) is 23.1 Å². The molecule has 0 aliphatic rings. The van der Waals surface area contributed by atoms with Gasteiger partial charge in [0.1, 0.15) is 10.3 Å². The molecular formula is C9H11BrN4O. The van der Waals surface area contributed by atoms with E-state index in [0.717, 1.165) is 0 Å². The average molecular weight is 271 g/mol. The molecule has 5 nitrogen and oxygen atoms in total. The summed E-state index contributed by atoms with van der Waals surface area (Å²) in [6.07, 6.45) is 1.73. The summed E-state index contributed by atoms with van der Waals surface area (Å²) >= 11 is 3.17. The molecule has 1 aromatic heterocycles. The summed E-state index contributed by atoms with van der Waals surface area (Å²) in [5.74, 6) is 0.543. The first-order valence-corrected chi connectivity index (χ1v) is 5.20. The lowest BCUT2D eigenvalue weighted by Crippen LogP contribution is -2.31. The molecule has 0 radical (unpaired) electrons. The summed E-state index contributed by atoms with van der Waals surface area (Å²) in [4.78, 5) is 19.6. The maximum Gasteiger partial charge on any atom is 0.267 e. The minimum atomic E-state index is -0.226. The Morgan fingerprint density at radius 2 is 2.47 bits per heavy atom. The van der Waals surface area contributed by atoms with Gasteiger partial charge in [0.15, 0.2) is 0 Å². The van der Waals surface area contributed by atoms with E-state index in [1.165, 1.54) is 6.33 Å². The lowest BCUT2D eigenvalue weighted by atomic mass is 10.2. The van der Waals surface area contributed by atoms with E-state index in [4.69, 9.17) is 5.26 Å². The number of anilines is 1. The van der Waals surface area contributed by atoms with Crippen molar-refractivity contribution < 1.29 is 0 Å². The maximum atomic E-state index is 11.3. The van der Waals surface area contributed by atoms with E-state index in [0.29, 0.717) is 16.7 Å². The van der Waals surface area contributed by atoms with Crippen molar-refractivity contribution in [1.82, 2.24) is 9.97 Å². The van der Waals surface area contributed by atoms with Crippen LogP contribution >= 0.6 is 15.9 Å². The summed E-state index contributed by atoms with van der Waals surface area (Å²) in [6.45, 7) is 1.90. The SMILES string of the molecule is CC(CC#N)N(C)c1nc[nH]c(=O)c1Br. The van der Waals surface area contributed by atoms with Crippen molar-refractivity contribution in [3.8, 4) is 6.07 Å². The van der Waals surface area contributed by atoms with Crippen molar-refractivity contribution in [2.45, 2.75) is 19.4 Å². The third-order valence-corrected chi connectivity index (χ3v) is 2.87. The number of nitrogens with zero attached hydrogens (tertiary/aromatic N) is 3. The Morgan fingerprint density at radius 1 is 1.80 bits per heavy atom. The monoisotopic (exact) mass is 270 g/mol. The van der Waals surface area contributed by atoms with Gasteiger partial charge in [0, 0.05) is 13.1 Å². The number of halogens is 1. The Morgan fingerprint density at radius 3 is 3.07 bits per heavy atom. The number of hydrogen-bond acceptors (Lipinski definition) is 4. The Bertz CT molecular complexity index is 436. The van der Waals surface area contributed by atoms with Gasteiger partial charge >= 0.3 is 0 Å². The van der Waals surface area contributed by atoms with Gasteiger partial charge < -0.3 is 9.88 Å². The van der Waals surface area contributed by atoms with E-state index in [2.05, 4.69) is 32.0 Å². The number of aromatic nitrogens is 2. The average Bonchev–Trinajstić information content (AvgIpc) is 2.21. The second-order valence-corrected chi connectivity index (χ2v) is 3.98. The molecule has 0 saturated carbocycles. The van der Waals surface area contributed by atoms with E-state index in [9.17, 15) is 4.79 Å². The first-order valence-electron chi connectivity index (χ1n) is 4.41. The second kappa shape index (κ2) is 4.94. The van der Waals surface area contributed by atoms with Crippen molar-refractivity contribution >= 4 is 21.7 Å². The van der Waals surface area contributed by atoms with Crippen LogP contribution in [0.2, 0.25) is 0 Å². The standard InChI is InChI=1S/C9H11BrN4O/c1-6(3-4-11)14(2)8-7(10)9(15)13-5-12-8/h5-6H,3H2,1-2H3,(H,12,13,15). The largest absolute Gasteiger partial charge is 0.355 e. The van der Waals surface area contributed by atoms with Crippen molar-refractivity contribution in [3.05, 3.63) is 21.2 Å². The van der Waals surface area contributed by atoms with Crippen LogP contribution in [-0.2, 0) is 0 Å². The zero-order valence-electron chi connectivity index (χ0n) is 8.49. The highest BCUT2D eigenvalue weighted by Gasteiger charge is 2.15. The molecule has 15 heavy (non-hydrogen) atoms. The molecule has 0 saturated heterocycles. The summed E-state index contributed by atoms with van der Waals surface area (Å²) in [6, 6.07) is 2.10. The molecule has 0 amide bonds. The zero-order chi connectivity index (χ0) is 11.4. The number of nitriles is 1. The fourth-order valence-corrected chi connectivity index (χ4v) is 1.59. The van der Waals surface area contributed by atoms with Gasteiger partial charge in [0.25, 0.3) is 5.56 Å². The molecule has 0 aromatic carbocycles. The van der Waals surface area contributed by atoms with E-state index >= 15 is 0 Å². The number of aromatic amines is 1. The quantitative estimate of drug-likeness (QED) is 0.898. The summed E-state index contributed by atoms with van der Waals surface area (Å²) in [7, 11) is 1.80. The zero-order valence-corrected chi connectivity index (χ0v) is 10.1. The molecule has 1 unspecified atom stereocenters. The fraction of sp³-hybridized carbons (Fsp3) is 0.444. The highest BCUT2D eigenvalue weighted by molar-refractivity contribution is 9.10. The highest BCUT2D eigenvalue weighted by Crippen LogP contribution is 2.20. The van der Waals surface area contributed by atoms with Crippen LogP contribution in [0.5, 0.6) is 0 Å². The van der Waals surface area contributed by atoms with Crippen LogP contribution < -0.4 is 10.5 Å². The van der Waals surface area contributed by atoms with Crippen LogP contribution in [0.3, 0.4) is 0 Å². The van der Waals surface area contributed by atoms with Crippen molar-refractivity contribution in [2.75, 3.05) is 11.9 Å². The predicted molar refractivity (Wildman–Crippen MR) is 60.7 cm³/mol. The van der Waals surface area contributed by atoms with Crippen molar-refractivity contribution in [1.29, 1.82) is 5.26 Å². The third kappa shape index (κ3) is 2.57. The van der Waals surface area contributed by atoms with Gasteiger partial charge in [-0.05, 0) is 22.9 Å². The number of nitrogens with one attached hydrogen (secondary N) is 1. The Kier molecular flexibility index (Phi) is 3.86. The topological polar surface area (TPSA) is 72.8 Å². The van der Waals surface area contributed by atoms with Crippen molar-refractivity contribution in [3.63, 3.8) is 0 Å². The van der Waals surface area contributed by atoms with Gasteiger partial charge in [-0.15, -0.1) is 0 Å². The van der Waals surface area contributed by atoms with E-state index in [1.54, 1.807) is 11.9 Å². The summed E-state index contributed by atoms with van der Waals surface area (Å²) in [5.41, 5.74) is -0.226. The smallest absolute Gasteiger partial charge is 0.267 e. The Hall–Kier alpha value is -1.35. The highest BCUT2D eigenvalue weighted by atomic mass is 79.9. The summed E-state index contributed by atoms with van der Waals surface area (Å²) < 4.78 is 0.386. The van der Waals surface area contributed by atoms with Gasteiger partial charge in [-0.2, -0.15) is 5.26 Å². The molecule has 6 heteroatoms. The third-order valence-electron chi connectivity index (χ3n) is 2.16.